The molecule has 0 radical (unpaired) electrons. The largest absolute Gasteiger partial charge is 0.317 e. The average molecular weight is 216 g/mol. The van der Waals surface area contributed by atoms with Gasteiger partial charge in [-0.05, 0) is 6.07 Å². The number of benzene rings is 1. The third-order valence-electron chi connectivity index (χ3n) is 1.81. The minimum absolute atomic E-state index is 0.0440. The van der Waals surface area contributed by atoms with Gasteiger partial charge in [0.15, 0.2) is 0 Å². The molecule has 0 saturated heterocycles. The summed E-state index contributed by atoms with van der Waals surface area (Å²) < 4.78 is 26.8. The van der Waals surface area contributed by atoms with Gasteiger partial charge in [0.1, 0.15) is 0 Å². The molecule has 74 valence electrons. The Morgan fingerprint density at radius 2 is 2.00 bits per heavy atom. The number of rotatable bonds is 3. The monoisotopic (exact) mass is 215 g/mol. The zero-order valence-corrected chi connectivity index (χ0v) is 8.06. The summed E-state index contributed by atoms with van der Waals surface area (Å²) in [6.45, 7) is 6.26. The van der Waals surface area contributed by atoms with Crippen LogP contribution in [0.3, 0.4) is 0 Å². The van der Waals surface area contributed by atoms with E-state index in [4.69, 9.17) is 18.2 Å². The van der Waals surface area contributed by atoms with E-state index in [0.29, 0.717) is 0 Å². The Labute approximate surface area is 86.1 Å². The molecule has 1 nitrogen and oxygen atoms in total. The van der Waals surface area contributed by atoms with Crippen LogP contribution >= 0.6 is 11.6 Å². The number of nitrogens with zero attached hydrogens (tertiary/aromatic N) is 1. The highest BCUT2D eigenvalue weighted by molar-refractivity contribution is 6.31. The van der Waals surface area contributed by atoms with E-state index in [1.54, 1.807) is 6.07 Å². The molecule has 0 aliphatic carbocycles. The Balaban J connectivity index is 2.92. The molecule has 0 saturated carbocycles. The van der Waals surface area contributed by atoms with E-state index < -0.39 is 12.3 Å². The SMILES string of the molecule is [C-]#[N+]CCC(F)(F)c1ccccc1Cl. The zero-order valence-electron chi connectivity index (χ0n) is 7.30. The molecule has 1 aromatic carbocycles. The van der Waals surface area contributed by atoms with E-state index in [2.05, 4.69) is 4.85 Å². The topological polar surface area (TPSA) is 4.36 Å². The minimum Gasteiger partial charge on any atom is -0.317 e. The van der Waals surface area contributed by atoms with Gasteiger partial charge in [0.2, 0.25) is 6.54 Å². The average Bonchev–Trinajstić information content (AvgIpc) is 2.15. The Kier molecular flexibility index (Phi) is 3.43. The van der Waals surface area contributed by atoms with Crippen LogP contribution in [0.25, 0.3) is 4.85 Å². The van der Waals surface area contributed by atoms with Crippen molar-refractivity contribution in [2.75, 3.05) is 6.54 Å². The van der Waals surface area contributed by atoms with E-state index in [-0.39, 0.29) is 17.1 Å². The van der Waals surface area contributed by atoms with Gasteiger partial charge in [-0.25, -0.2) is 15.4 Å². The van der Waals surface area contributed by atoms with Gasteiger partial charge in [-0.3, -0.25) is 0 Å². The molecule has 0 N–H and O–H groups in total. The smallest absolute Gasteiger partial charge is 0.281 e. The summed E-state index contributed by atoms with van der Waals surface area (Å²) in [5.74, 6) is -3.01. The van der Waals surface area contributed by atoms with E-state index in [1.165, 1.54) is 18.2 Å². The predicted molar refractivity (Wildman–Crippen MR) is 51.4 cm³/mol. The molecular formula is C10H8ClF2N. The summed E-state index contributed by atoms with van der Waals surface area (Å²) in [5, 5.41) is 0.0440. The molecule has 0 aliphatic heterocycles. The van der Waals surface area contributed by atoms with E-state index in [9.17, 15) is 8.78 Å². The fraction of sp³-hybridized carbons (Fsp3) is 0.300. The fourth-order valence-corrected chi connectivity index (χ4v) is 1.36. The van der Waals surface area contributed by atoms with Gasteiger partial charge < -0.3 is 4.85 Å². The molecule has 1 aromatic rings. The highest BCUT2D eigenvalue weighted by atomic mass is 35.5. The maximum Gasteiger partial charge on any atom is 0.281 e. The van der Waals surface area contributed by atoms with E-state index in [1.807, 2.05) is 0 Å². The Morgan fingerprint density at radius 1 is 1.36 bits per heavy atom. The van der Waals surface area contributed by atoms with Crippen molar-refractivity contribution < 1.29 is 8.78 Å². The van der Waals surface area contributed by atoms with Crippen molar-refractivity contribution in [3.8, 4) is 0 Å². The molecule has 1 rings (SSSR count). The maximum atomic E-state index is 13.4. The highest BCUT2D eigenvalue weighted by Crippen LogP contribution is 2.35. The molecule has 0 unspecified atom stereocenters. The maximum absolute atomic E-state index is 13.4. The number of hydrogen-bond donors (Lipinski definition) is 0. The van der Waals surface area contributed by atoms with Gasteiger partial charge >= 0.3 is 0 Å². The van der Waals surface area contributed by atoms with Crippen LogP contribution in [0.1, 0.15) is 12.0 Å². The summed E-state index contributed by atoms with van der Waals surface area (Å²) in [6.07, 6.45) is -0.486. The third kappa shape index (κ3) is 2.43. The molecule has 0 amide bonds. The van der Waals surface area contributed by atoms with Crippen LogP contribution in [-0.2, 0) is 5.92 Å². The molecule has 0 aromatic heterocycles. The number of halogens is 3. The third-order valence-corrected chi connectivity index (χ3v) is 2.14. The highest BCUT2D eigenvalue weighted by Gasteiger charge is 2.34. The zero-order chi connectivity index (χ0) is 10.6. The van der Waals surface area contributed by atoms with Gasteiger partial charge in [0.05, 0.1) is 6.42 Å². The molecule has 14 heavy (non-hydrogen) atoms. The van der Waals surface area contributed by atoms with Crippen LogP contribution in [0.2, 0.25) is 5.02 Å². The first-order valence-electron chi connectivity index (χ1n) is 4.04. The molecular weight excluding hydrogens is 208 g/mol. The number of hydrogen-bond acceptors (Lipinski definition) is 0. The van der Waals surface area contributed by atoms with Crippen LogP contribution in [-0.4, -0.2) is 6.54 Å². The van der Waals surface area contributed by atoms with Crippen molar-refractivity contribution in [2.24, 2.45) is 0 Å². The quantitative estimate of drug-likeness (QED) is 0.677. The van der Waals surface area contributed by atoms with Gasteiger partial charge in [0, 0.05) is 10.6 Å². The Bertz CT molecular complexity index is 357. The second-order valence-electron chi connectivity index (χ2n) is 2.82. The van der Waals surface area contributed by atoms with Gasteiger partial charge in [0.25, 0.3) is 5.92 Å². The van der Waals surface area contributed by atoms with Crippen LogP contribution in [0, 0.1) is 6.57 Å². The van der Waals surface area contributed by atoms with Crippen LogP contribution in [0.5, 0.6) is 0 Å². The van der Waals surface area contributed by atoms with Gasteiger partial charge in [-0.1, -0.05) is 29.8 Å². The van der Waals surface area contributed by atoms with Crippen LogP contribution in [0.15, 0.2) is 24.3 Å². The molecule has 0 heterocycles. The molecule has 0 spiro atoms. The molecule has 0 bridgehead atoms. The number of alkyl halides is 2. The lowest BCUT2D eigenvalue weighted by Gasteiger charge is -2.15. The van der Waals surface area contributed by atoms with Crippen LogP contribution < -0.4 is 0 Å². The van der Waals surface area contributed by atoms with Crippen molar-refractivity contribution in [3.05, 3.63) is 46.3 Å². The molecule has 0 aliphatic rings. The Morgan fingerprint density at radius 3 is 2.57 bits per heavy atom. The lowest BCUT2D eigenvalue weighted by molar-refractivity contribution is -0.00880. The van der Waals surface area contributed by atoms with Crippen molar-refractivity contribution in [3.63, 3.8) is 0 Å². The summed E-state index contributed by atoms with van der Waals surface area (Å²) in [5.41, 5.74) is -0.203. The molecule has 0 fully saturated rings. The van der Waals surface area contributed by atoms with Crippen molar-refractivity contribution >= 4 is 11.6 Å². The molecule has 0 atom stereocenters. The van der Waals surface area contributed by atoms with E-state index >= 15 is 0 Å². The summed E-state index contributed by atoms with van der Waals surface area (Å²) in [4.78, 5) is 2.90. The summed E-state index contributed by atoms with van der Waals surface area (Å²) in [6, 6.07) is 5.80. The standard InChI is InChI=1S/C10H8ClF2N/c1-14-7-6-10(12,13)8-4-2-3-5-9(8)11/h2-5H,6-7H2. The first-order chi connectivity index (χ1) is 6.58. The van der Waals surface area contributed by atoms with Gasteiger partial charge in [-0.2, -0.15) is 0 Å². The first kappa shape index (κ1) is 10.9. The lowest BCUT2D eigenvalue weighted by Crippen LogP contribution is -2.14. The normalized spacial score (nSPS) is 11.0. The van der Waals surface area contributed by atoms with Crippen molar-refractivity contribution in [2.45, 2.75) is 12.3 Å². The van der Waals surface area contributed by atoms with E-state index in [0.717, 1.165) is 0 Å². The fourth-order valence-electron chi connectivity index (χ4n) is 1.09. The predicted octanol–water partition coefficient (Wildman–Crippen LogP) is 3.74. The van der Waals surface area contributed by atoms with Crippen molar-refractivity contribution in [1.29, 1.82) is 0 Å². The molecule has 4 heteroatoms. The summed E-state index contributed by atoms with van der Waals surface area (Å²) in [7, 11) is 0. The lowest BCUT2D eigenvalue weighted by atomic mass is 10.1. The summed E-state index contributed by atoms with van der Waals surface area (Å²) >= 11 is 5.63. The van der Waals surface area contributed by atoms with Crippen molar-refractivity contribution in [1.82, 2.24) is 0 Å². The first-order valence-corrected chi connectivity index (χ1v) is 4.42. The second kappa shape index (κ2) is 4.39. The van der Waals surface area contributed by atoms with Crippen LogP contribution in [0.4, 0.5) is 8.78 Å². The second-order valence-corrected chi connectivity index (χ2v) is 3.22. The Hall–Kier alpha value is -1.14. The van der Waals surface area contributed by atoms with Gasteiger partial charge in [-0.15, -0.1) is 0 Å². The minimum atomic E-state index is -3.01.